The molecule has 0 saturated carbocycles. The van der Waals surface area contributed by atoms with Gasteiger partial charge < -0.3 is 9.84 Å². The maximum Gasteiger partial charge on any atom is 0.244 e. The van der Waals surface area contributed by atoms with E-state index in [0.717, 1.165) is 10.4 Å². The van der Waals surface area contributed by atoms with E-state index in [2.05, 4.69) is 0 Å². The predicted octanol–water partition coefficient (Wildman–Crippen LogP) is 0.0792. The van der Waals surface area contributed by atoms with Gasteiger partial charge in [0.1, 0.15) is 22.3 Å². The Kier molecular flexibility index (Phi) is 4.35. The van der Waals surface area contributed by atoms with Crippen LogP contribution in [0.4, 0.5) is 4.39 Å². The third-order valence-corrected chi connectivity index (χ3v) is 4.92. The van der Waals surface area contributed by atoms with Crippen molar-refractivity contribution in [1.82, 2.24) is 4.31 Å². The summed E-state index contributed by atoms with van der Waals surface area (Å²) in [5.74, 6) is -0.874. The number of nitriles is 1. The SMILES string of the molecule is N#Cc1c(F)cccc1S(=O)(=O)N1CCOC(CO)C1. The molecule has 8 heteroatoms. The van der Waals surface area contributed by atoms with Gasteiger partial charge in [-0.1, -0.05) is 6.07 Å². The monoisotopic (exact) mass is 300 g/mol. The Hall–Kier alpha value is -1.53. The van der Waals surface area contributed by atoms with Gasteiger partial charge in [-0.2, -0.15) is 9.57 Å². The molecule has 1 aromatic rings. The summed E-state index contributed by atoms with van der Waals surface area (Å²) in [6.07, 6.45) is -0.613. The van der Waals surface area contributed by atoms with E-state index < -0.39 is 27.5 Å². The maximum absolute atomic E-state index is 13.5. The number of morpholine rings is 1. The third kappa shape index (κ3) is 2.66. The summed E-state index contributed by atoms with van der Waals surface area (Å²) in [6.45, 7) is -0.0949. The average Bonchev–Trinajstić information content (AvgIpc) is 2.47. The zero-order valence-electron chi connectivity index (χ0n) is 10.5. The zero-order valence-corrected chi connectivity index (χ0v) is 11.3. The Morgan fingerprint density at radius 3 is 2.95 bits per heavy atom. The van der Waals surface area contributed by atoms with E-state index in [0.29, 0.717) is 0 Å². The number of hydrogen-bond acceptors (Lipinski definition) is 5. The quantitative estimate of drug-likeness (QED) is 0.853. The van der Waals surface area contributed by atoms with E-state index in [1.54, 1.807) is 6.07 Å². The second-order valence-corrected chi connectivity index (χ2v) is 6.17. The van der Waals surface area contributed by atoms with Crippen LogP contribution in [0.15, 0.2) is 23.1 Å². The van der Waals surface area contributed by atoms with E-state index in [4.69, 9.17) is 15.1 Å². The van der Waals surface area contributed by atoms with Crippen LogP contribution in [0.3, 0.4) is 0 Å². The van der Waals surface area contributed by atoms with Crippen molar-refractivity contribution in [3.63, 3.8) is 0 Å². The van der Waals surface area contributed by atoms with Crippen LogP contribution in [0.2, 0.25) is 0 Å². The van der Waals surface area contributed by atoms with Crippen LogP contribution in [0.1, 0.15) is 5.56 Å². The number of rotatable bonds is 3. The molecule has 1 aliphatic heterocycles. The number of ether oxygens (including phenoxy) is 1. The molecule has 20 heavy (non-hydrogen) atoms. The van der Waals surface area contributed by atoms with Crippen molar-refractivity contribution in [3.8, 4) is 6.07 Å². The first-order chi connectivity index (χ1) is 9.50. The summed E-state index contributed by atoms with van der Waals surface area (Å²) >= 11 is 0. The van der Waals surface area contributed by atoms with Gasteiger partial charge >= 0.3 is 0 Å². The number of aliphatic hydroxyl groups excluding tert-OH is 1. The normalized spacial score (nSPS) is 20.6. The molecule has 0 spiro atoms. The first kappa shape index (κ1) is 14.9. The molecular weight excluding hydrogens is 287 g/mol. The molecule has 0 aromatic heterocycles. The Morgan fingerprint density at radius 1 is 1.55 bits per heavy atom. The van der Waals surface area contributed by atoms with Crippen LogP contribution in [0.5, 0.6) is 0 Å². The van der Waals surface area contributed by atoms with E-state index in [1.165, 1.54) is 12.1 Å². The Labute approximate surface area is 116 Å². The molecule has 0 bridgehead atoms. The van der Waals surface area contributed by atoms with E-state index >= 15 is 0 Å². The van der Waals surface area contributed by atoms with Crippen molar-refractivity contribution in [3.05, 3.63) is 29.6 Å². The first-order valence-corrected chi connectivity index (χ1v) is 7.36. The number of aliphatic hydroxyl groups is 1. The van der Waals surface area contributed by atoms with Gasteiger partial charge in [-0.05, 0) is 12.1 Å². The fourth-order valence-electron chi connectivity index (χ4n) is 1.99. The van der Waals surface area contributed by atoms with E-state index in [1.807, 2.05) is 0 Å². The molecule has 1 fully saturated rings. The highest BCUT2D eigenvalue weighted by Gasteiger charge is 2.32. The van der Waals surface area contributed by atoms with Crippen molar-refractivity contribution in [2.24, 2.45) is 0 Å². The van der Waals surface area contributed by atoms with Gasteiger partial charge in [0.2, 0.25) is 10.0 Å². The fourth-order valence-corrected chi connectivity index (χ4v) is 3.60. The van der Waals surface area contributed by atoms with Crippen LogP contribution < -0.4 is 0 Å². The van der Waals surface area contributed by atoms with Gasteiger partial charge in [-0.15, -0.1) is 0 Å². The van der Waals surface area contributed by atoms with Gasteiger partial charge in [-0.25, -0.2) is 12.8 Å². The van der Waals surface area contributed by atoms with Crippen molar-refractivity contribution >= 4 is 10.0 Å². The smallest absolute Gasteiger partial charge is 0.244 e. The van der Waals surface area contributed by atoms with E-state index in [-0.39, 0.29) is 31.2 Å². The van der Waals surface area contributed by atoms with Gasteiger partial charge in [0, 0.05) is 13.1 Å². The predicted molar refractivity (Wildman–Crippen MR) is 66.7 cm³/mol. The molecule has 2 rings (SSSR count). The minimum atomic E-state index is -3.99. The Balaban J connectivity index is 2.41. The van der Waals surface area contributed by atoms with Crippen molar-refractivity contribution < 1.29 is 22.7 Å². The minimum Gasteiger partial charge on any atom is -0.394 e. The van der Waals surface area contributed by atoms with Crippen LogP contribution >= 0.6 is 0 Å². The summed E-state index contributed by atoms with van der Waals surface area (Å²) in [5, 5.41) is 18.0. The summed E-state index contributed by atoms with van der Waals surface area (Å²) in [7, 11) is -3.99. The highest BCUT2D eigenvalue weighted by Crippen LogP contribution is 2.23. The zero-order chi connectivity index (χ0) is 14.8. The summed E-state index contributed by atoms with van der Waals surface area (Å²) in [6, 6.07) is 5.05. The average molecular weight is 300 g/mol. The van der Waals surface area contributed by atoms with Crippen LogP contribution in [0, 0.1) is 17.1 Å². The second-order valence-electron chi connectivity index (χ2n) is 4.26. The second kappa shape index (κ2) is 5.85. The van der Waals surface area contributed by atoms with Gasteiger partial charge in [0.25, 0.3) is 0 Å². The van der Waals surface area contributed by atoms with Crippen molar-refractivity contribution in [2.75, 3.05) is 26.3 Å². The lowest BCUT2D eigenvalue weighted by atomic mass is 10.2. The number of nitrogens with zero attached hydrogens (tertiary/aromatic N) is 2. The highest BCUT2D eigenvalue weighted by atomic mass is 32.2. The standard InChI is InChI=1S/C12H13FN2O4S/c13-11-2-1-3-12(10(11)6-14)20(17,18)15-4-5-19-9(7-15)8-16/h1-3,9,16H,4-5,7-8H2. The number of benzene rings is 1. The number of halogens is 1. The van der Waals surface area contributed by atoms with E-state index in [9.17, 15) is 12.8 Å². The maximum atomic E-state index is 13.5. The van der Waals surface area contributed by atoms with Gasteiger partial charge in [0.15, 0.2) is 0 Å². The molecule has 0 amide bonds. The molecule has 0 radical (unpaired) electrons. The number of hydrogen-bond donors (Lipinski definition) is 1. The summed E-state index contributed by atoms with van der Waals surface area (Å²) in [5.41, 5.74) is -0.500. The van der Waals surface area contributed by atoms with Crippen molar-refractivity contribution in [1.29, 1.82) is 5.26 Å². The largest absolute Gasteiger partial charge is 0.394 e. The lowest BCUT2D eigenvalue weighted by Crippen LogP contribution is -2.46. The van der Waals surface area contributed by atoms with Crippen LogP contribution in [-0.4, -0.2) is 50.2 Å². The third-order valence-electron chi connectivity index (χ3n) is 3.01. The molecule has 6 nitrogen and oxygen atoms in total. The summed E-state index contributed by atoms with van der Waals surface area (Å²) < 4.78 is 44.7. The molecule has 1 aliphatic rings. The molecule has 1 saturated heterocycles. The molecular formula is C12H13FN2O4S. The first-order valence-electron chi connectivity index (χ1n) is 5.92. The van der Waals surface area contributed by atoms with Crippen LogP contribution in [0.25, 0.3) is 0 Å². The lowest BCUT2D eigenvalue weighted by molar-refractivity contribution is -0.0304. The molecule has 1 atom stereocenters. The molecule has 1 N–H and O–H groups in total. The van der Waals surface area contributed by atoms with Crippen molar-refractivity contribution in [2.45, 2.75) is 11.0 Å². The Bertz CT molecular complexity index is 641. The lowest BCUT2D eigenvalue weighted by Gasteiger charge is -2.31. The molecule has 1 aromatic carbocycles. The number of sulfonamides is 1. The van der Waals surface area contributed by atoms with Gasteiger partial charge in [-0.3, -0.25) is 0 Å². The van der Waals surface area contributed by atoms with Crippen LogP contribution in [-0.2, 0) is 14.8 Å². The minimum absolute atomic E-state index is 0.0276. The molecule has 108 valence electrons. The molecule has 1 unspecified atom stereocenters. The Morgan fingerprint density at radius 2 is 2.30 bits per heavy atom. The van der Waals surface area contributed by atoms with Gasteiger partial charge in [0.05, 0.1) is 19.3 Å². The fraction of sp³-hybridized carbons (Fsp3) is 0.417. The molecule has 1 heterocycles. The topological polar surface area (TPSA) is 90.6 Å². The molecule has 0 aliphatic carbocycles. The highest BCUT2D eigenvalue weighted by molar-refractivity contribution is 7.89. The summed E-state index contributed by atoms with van der Waals surface area (Å²) in [4.78, 5) is -0.362.